The normalized spacial score (nSPS) is 12.6. The van der Waals surface area contributed by atoms with Gasteiger partial charge in [-0.25, -0.2) is 0 Å². The molecular formula is C29H33ClN2O2. The van der Waals surface area contributed by atoms with E-state index in [4.69, 9.17) is 11.6 Å². The van der Waals surface area contributed by atoms with Crippen LogP contribution in [0.3, 0.4) is 0 Å². The summed E-state index contributed by atoms with van der Waals surface area (Å²) in [6.45, 7) is 6.40. The number of rotatable bonds is 10. The van der Waals surface area contributed by atoms with E-state index in [9.17, 15) is 9.59 Å². The predicted molar refractivity (Wildman–Crippen MR) is 139 cm³/mol. The van der Waals surface area contributed by atoms with Gasteiger partial charge in [-0.3, -0.25) is 9.59 Å². The Morgan fingerprint density at radius 2 is 1.62 bits per heavy atom. The SMILES string of the molecule is CC[C@H](C)NC(=O)[C@@H](Cc1ccccc1)N(Cc1ccccc1C)C(=O)Cc1cccc(Cl)c1. The molecule has 0 aliphatic rings. The van der Waals surface area contributed by atoms with Crippen LogP contribution in [0.5, 0.6) is 0 Å². The summed E-state index contributed by atoms with van der Waals surface area (Å²) < 4.78 is 0. The minimum Gasteiger partial charge on any atom is -0.352 e. The maximum atomic E-state index is 13.7. The minimum absolute atomic E-state index is 0.0223. The highest BCUT2D eigenvalue weighted by atomic mass is 35.5. The standard InChI is InChI=1S/C29H33ClN2O2/c1-4-22(3)31-29(34)27(18-23-12-6-5-7-13-23)32(20-25-15-9-8-11-21(25)2)28(33)19-24-14-10-16-26(30)17-24/h5-17,22,27H,4,18-20H2,1-3H3,(H,31,34)/t22-,27+/m0/s1. The molecular weight excluding hydrogens is 444 g/mol. The summed E-state index contributed by atoms with van der Waals surface area (Å²) in [7, 11) is 0. The van der Waals surface area contributed by atoms with Gasteiger partial charge in [0.15, 0.2) is 0 Å². The third-order valence-corrected chi connectivity index (χ3v) is 6.35. The van der Waals surface area contributed by atoms with Crippen molar-refractivity contribution in [2.75, 3.05) is 0 Å². The molecule has 0 spiro atoms. The summed E-state index contributed by atoms with van der Waals surface area (Å²) >= 11 is 6.16. The van der Waals surface area contributed by atoms with Crippen molar-refractivity contribution in [3.05, 3.63) is 106 Å². The van der Waals surface area contributed by atoms with Crippen LogP contribution >= 0.6 is 11.6 Å². The maximum Gasteiger partial charge on any atom is 0.243 e. The lowest BCUT2D eigenvalue weighted by Crippen LogP contribution is -2.52. The first-order valence-electron chi connectivity index (χ1n) is 11.8. The Morgan fingerprint density at radius 3 is 2.29 bits per heavy atom. The summed E-state index contributed by atoms with van der Waals surface area (Å²) in [5, 5.41) is 3.69. The number of hydrogen-bond acceptors (Lipinski definition) is 2. The van der Waals surface area contributed by atoms with Crippen LogP contribution in [-0.4, -0.2) is 28.8 Å². The molecule has 0 unspecified atom stereocenters. The summed E-state index contributed by atoms with van der Waals surface area (Å²) in [6, 6.07) is 24.6. The molecule has 1 N–H and O–H groups in total. The van der Waals surface area contributed by atoms with Gasteiger partial charge in [0.2, 0.25) is 11.8 Å². The molecule has 34 heavy (non-hydrogen) atoms. The Labute approximate surface area is 207 Å². The lowest BCUT2D eigenvalue weighted by Gasteiger charge is -2.33. The first-order valence-corrected chi connectivity index (χ1v) is 12.2. The molecule has 2 atom stereocenters. The first-order chi connectivity index (χ1) is 16.4. The van der Waals surface area contributed by atoms with E-state index in [0.29, 0.717) is 18.0 Å². The fraction of sp³-hybridized carbons (Fsp3) is 0.310. The van der Waals surface area contributed by atoms with E-state index in [1.54, 1.807) is 17.0 Å². The average Bonchev–Trinajstić information content (AvgIpc) is 2.82. The molecule has 2 amide bonds. The van der Waals surface area contributed by atoms with Crippen LogP contribution in [0.15, 0.2) is 78.9 Å². The lowest BCUT2D eigenvalue weighted by atomic mass is 10.00. The molecule has 0 aromatic heterocycles. The van der Waals surface area contributed by atoms with Crippen LogP contribution in [0.2, 0.25) is 5.02 Å². The van der Waals surface area contributed by atoms with Crippen molar-refractivity contribution in [1.29, 1.82) is 0 Å². The van der Waals surface area contributed by atoms with E-state index in [0.717, 1.165) is 28.7 Å². The number of nitrogens with zero attached hydrogens (tertiary/aromatic N) is 1. The van der Waals surface area contributed by atoms with Crippen molar-refractivity contribution in [3.8, 4) is 0 Å². The zero-order valence-electron chi connectivity index (χ0n) is 20.1. The fourth-order valence-electron chi connectivity index (χ4n) is 3.89. The van der Waals surface area contributed by atoms with Gasteiger partial charge in [-0.15, -0.1) is 0 Å². The topological polar surface area (TPSA) is 49.4 Å². The van der Waals surface area contributed by atoms with Gasteiger partial charge in [-0.05, 0) is 54.7 Å². The Morgan fingerprint density at radius 1 is 0.941 bits per heavy atom. The molecule has 0 saturated heterocycles. The fourth-order valence-corrected chi connectivity index (χ4v) is 4.10. The maximum absolute atomic E-state index is 13.7. The van der Waals surface area contributed by atoms with E-state index in [-0.39, 0.29) is 24.3 Å². The van der Waals surface area contributed by atoms with E-state index in [2.05, 4.69) is 5.32 Å². The number of carbonyl (C=O) groups is 2. The Bertz CT molecular complexity index is 1100. The van der Waals surface area contributed by atoms with Gasteiger partial charge in [0, 0.05) is 24.0 Å². The Kier molecular flexibility index (Phi) is 9.29. The quantitative estimate of drug-likeness (QED) is 0.405. The van der Waals surface area contributed by atoms with E-state index in [1.165, 1.54) is 0 Å². The van der Waals surface area contributed by atoms with Crippen LogP contribution < -0.4 is 5.32 Å². The molecule has 5 heteroatoms. The molecule has 0 aliphatic carbocycles. The second kappa shape index (κ2) is 12.4. The van der Waals surface area contributed by atoms with E-state index < -0.39 is 6.04 Å². The van der Waals surface area contributed by atoms with Crippen LogP contribution in [-0.2, 0) is 29.0 Å². The zero-order chi connectivity index (χ0) is 24.5. The van der Waals surface area contributed by atoms with Gasteiger partial charge < -0.3 is 10.2 Å². The largest absolute Gasteiger partial charge is 0.352 e. The van der Waals surface area contributed by atoms with Crippen molar-refractivity contribution >= 4 is 23.4 Å². The smallest absolute Gasteiger partial charge is 0.243 e. The van der Waals surface area contributed by atoms with E-state index >= 15 is 0 Å². The Hall–Kier alpha value is -3.11. The van der Waals surface area contributed by atoms with Crippen LogP contribution in [0.1, 0.15) is 42.5 Å². The highest BCUT2D eigenvalue weighted by molar-refractivity contribution is 6.30. The van der Waals surface area contributed by atoms with Gasteiger partial charge >= 0.3 is 0 Å². The van der Waals surface area contributed by atoms with Crippen molar-refractivity contribution < 1.29 is 9.59 Å². The highest BCUT2D eigenvalue weighted by Gasteiger charge is 2.31. The molecule has 0 saturated carbocycles. The van der Waals surface area contributed by atoms with Gasteiger partial charge in [0.1, 0.15) is 6.04 Å². The average molecular weight is 477 g/mol. The summed E-state index contributed by atoms with van der Waals surface area (Å²) in [5.41, 5.74) is 3.95. The molecule has 0 fully saturated rings. The number of benzene rings is 3. The van der Waals surface area contributed by atoms with Crippen molar-refractivity contribution in [1.82, 2.24) is 10.2 Å². The van der Waals surface area contributed by atoms with Gasteiger partial charge in [-0.1, -0.05) is 85.3 Å². The molecule has 0 heterocycles. The number of hydrogen-bond donors (Lipinski definition) is 1. The van der Waals surface area contributed by atoms with Gasteiger partial charge in [0.25, 0.3) is 0 Å². The van der Waals surface area contributed by atoms with Crippen LogP contribution in [0.25, 0.3) is 0 Å². The van der Waals surface area contributed by atoms with Crippen molar-refractivity contribution in [2.45, 2.75) is 58.7 Å². The van der Waals surface area contributed by atoms with Gasteiger partial charge in [-0.2, -0.15) is 0 Å². The Balaban J connectivity index is 1.98. The van der Waals surface area contributed by atoms with E-state index in [1.807, 2.05) is 87.5 Å². The second-order valence-electron chi connectivity index (χ2n) is 8.78. The summed E-state index contributed by atoms with van der Waals surface area (Å²) in [5.74, 6) is -0.239. The highest BCUT2D eigenvalue weighted by Crippen LogP contribution is 2.19. The zero-order valence-corrected chi connectivity index (χ0v) is 20.9. The second-order valence-corrected chi connectivity index (χ2v) is 9.21. The summed E-state index contributed by atoms with van der Waals surface area (Å²) in [4.78, 5) is 29.0. The first kappa shape index (κ1) is 25.5. The number of carbonyl (C=O) groups excluding carboxylic acids is 2. The number of halogens is 1. The monoisotopic (exact) mass is 476 g/mol. The van der Waals surface area contributed by atoms with Crippen molar-refractivity contribution in [3.63, 3.8) is 0 Å². The molecule has 0 bridgehead atoms. The molecule has 178 valence electrons. The van der Waals surface area contributed by atoms with Crippen LogP contribution in [0.4, 0.5) is 0 Å². The third-order valence-electron chi connectivity index (χ3n) is 6.12. The molecule has 0 radical (unpaired) electrons. The minimum atomic E-state index is -0.636. The molecule has 3 rings (SSSR count). The molecule has 3 aromatic rings. The number of nitrogens with one attached hydrogen (secondary N) is 1. The molecule has 0 aliphatic heterocycles. The van der Waals surface area contributed by atoms with Crippen molar-refractivity contribution in [2.24, 2.45) is 0 Å². The number of aryl methyl sites for hydroxylation is 1. The number of amides is 2. The molecule has 3 aromatic carbocycles. The summed E-state index contributed by atoms with van der Waals surface area (Å²) in [6.07, 6.45) is 1.43. The molecule has 4 nitrogen and oxygen atoms in total. The lowest BCUT2D eigenvalue weighted by molar-refractivity contribution is -0.141. The third kappa shape index (κ3) is 7.19. The van der Waals surface area contributed by atoms with Crippen LogP contribution in [0, 0.1) is 6.92 Å². The predicted octanol–water partition coefficient (Wildman–Crippen LogP) is 5.75. The van der Waals surface area contributed by atoms with Gasteiger partial charge in [0.05, 0.1) is 6.42 Å².